The van der Waals surface area contributed by atoms with E-state index in [1.807, 2.05) is 6.92 Å². The smallest absolute Gasteiger partial charge is 0.338 e. The van der Waals surface area contributed by atoms with Gasteiger partial charge in [-0.2, -0.15) is 0 Å². The van der Waals surface area contributed by atoms with E-state index >= 15 is 0 Å². The first-order valence-corrected chi connectivity index (χ1v) is 12.6. The van der Waals surface area contributed by atoms with Gasteiger partial charge in [0.1, 0.15) is 0 Å². The highest BCUT2D eigenvalue weighted by Gasteiger charge is 2.36. The Labute approximate surface area is 222 Å². The summed E-state index contributed by atoms with van der Waals surface area (Å²) in [5.41, 5.74) is 3.00. The Balaban J connectivity index is 1.73. The Morgan fingerprint density at radius 2 is 1.53 bits per heavy atom. The molecule has 10 heteroatoms. The fourth-order valence-electron chi connectivity index (χ4n) is 4.02. The molecule has 0 fully saturated rings. The molecule has 0 saturated heterocycles. The number of benzene rings is 2. The normalized spacial score (nSPS) is 15.2. The maximum absolute atomic E-state index is 13.0. The number of carbonyl (C=O) groups excluding carboxylic acids is 4. The van der Waals surface area contributed by atoms with Crippen molar-refractivity contribution >= 4 is 35.4 Å². The van der Waals surface area contributed by atoms with Gasteiger partial charge < -0.3 is 25.4 Å². The number of allylic oxidation sites excluding steroid dienone is 1. The molecule has 1 heterocycles. The molecule has 3 N–H and O–H groups in total. The molecule has 2 aromatic rings. The van der Waals surface area contributed by atoms with Crippen LogP contribution in [0.5, 0.6) is 0 Å². The second-order valence-corrected chi connectivity index (χ2v) is 8.99. The van der Waals surface area contributed by atoms with E-state index in [1.165, 1.54) is 0 Å². The van der Waals surface area contributed by atoms with Crippen molar-refractivity contribution in [2.75, 3.05) is 23.8 Å². The van der Waals surface area contributed by atoms with Crippen LogP contribution in [-0.2, 0) is 14.3 Å². The molecule has 0 aliphatic carbocycles. The summed E-state index contributed by atoms with van der Waals surface area (Å²) >= 11 is 0. The van der Waals surface area contributed by atoms with Crippen molar-refractivity contribution < 1.29 is 28.7 Å². The van der Waals surface area contributed by atoms with Crippen LogP contribution in [0.1, 0.15) is 63.0 Å². The van der Waals surface area contributed by atoms with Gasteiger partial charge in [-0.25, -0.2) is 19.2 Å². The molecular formula is C28H34N4O6. The molecule has 0 aromatic heterocycles. The van der Waals surface area contributed by atoms with E-state index in [1.54, 1.807) is 81.1 Å². The van der Waals surface area contributed by atoms with Gasteiger partial charge in [-0.1, -0.05) is 19.1 Å². The van der Waals surface area contributed by atoms with Crippen LogP contribution in [0, 0.1) is 0 Å². The van der Waals surface area contributed by atoms with Crippen molar-refractivity contribution in [2.45, 2.75) is 53.2 Å². The third kappa shape index (κ3) is 6.90. The predicted molar refractivity (Wildman–Crippen MR) is 144 cm³/mol. The minimum atomic E-state index is -0.692. The second-order valence-electron chi connectivity index (χ2n) is 8.99. The average molecular weight is 523 g/mol. The molecule has 0 saturated carbocycles. The number of amides is 4. The highest BCUT2D eigenvalue weighted by Crippen LogP contribution is 2.32. The lowest BCUT2D eigenvalue weighted by atomic mass is 9.94. The molecule has 38 heavy (non-hydrogen) atoms. The van der Waals surface area contributed by atoms with Crippen LogP contribution in [0.25, 0.3) is 0 Å². The van der Waals surface area contributed by atoms with Crippen molar-refractivity contribution in [3.63, 3.8) is 0 Å². The summed E-state index contributed by atoms with van der Waals surface area (Å²) in [5.74, 6) is -0.916. The van der Waals surface area contributed by atoms with Gasteiger partial charge >= 0.3 is 24.0 Å². The van der Waals surface area contributed by atoms with Crippen LogP contribution in [0.3, 0.4) is 0 Å². The highest BCUT2D eigenvalue weighted by atomic mass is 16.5. The molecule has 0 radical (unpaired) electrons. The van der Waals surface area contributed by atoms with E-state index in [0.717, 1.165) is 6.42 Å². The first kappa shape index (κ1) is 28.2. The third-order valence-corrected chi connectivity index (χ3v) is 5.76. The van der Waals surface area contributed by atoms with E-state index in [4.69, 9.17) is 9.47 Å². The van der Waals surface area contributed by atoms with Crippen molar-refractivity contribution in [3.8, 4) is 0 Å². The highest BCUT2D eigenvalue weighted by molar-refractivity contribution is 6.00. The van der Waals surface area contributed by atoms with Crippen LogP contribution in [0.4, 0.5) is 21.0 Å². The Kier molecular flexibility index (Phi) is 9.48. The molecule has 202 valence electrons. The minimum absolute atomic E-state index is 0.281. The number of anilines is 2. The van der Waals surface area contributed by atoms with Crippen molar-refractivity contribution in [2.24, 2.45) is 0 Å². The molecule has 0 spiro atoms. The van der Waals surface area contributed by atoms with Crippen LogP contribution in [0.15, 0.2) is 59.8 Å². The monoisotopic (exact) mass is 522 g/mol. The lowest BCUT2D eigenvalue weighted by Crippen LogP contribution is -2.48. The summed E-state index contributed by atoms with van der Waals surface area (Å²) in [7, 11) is 0. The fraction of sp³-hybridized carbons (Fsp3) is 0.357. The Bertz CT molecular complexity index is 1200. The van der Waals surface area contributed by atoms with Gasteiger partial charge in [0.15, 0.2) is 0 Å². The molecule has 1 aliphatic heterocycles. The van der Waals surface area contributed by atoms with Crippen LogP contribution in [-0.4, -0.2) is 48.2 Å². The van der Waals surface area contributed by atoms with Crippen molar-refractivity contribution in [3.05, 3.63) is 70.9 Å². The lowest BCUT2D eigenvalue weighted by molar-refractivity contribution is -0.143. The third-order valence-electron chi connectivity index (χ3n) is 5.76. The Morgan fingerprint density at radius 1 is 0.947 bits per heavy atom. The van der Waals surface area contributed by atoms with E-state index in [0.29, 0.717) is 40.3 Å². The zero-order valence-corrected chi connectivity index (χ0v) is 22.3. The van der Waals surface area contributed by atoms with Crippen LogP contribution in [0.2, 0.25) is 0 Å². The lowest BCUT2D eigenvalue weighted by Gasteiger charge is -2.35. The van der Waals surface area contributed by atoms with E-state index in [9.17, 15) is 19.2 Å². The number of urea groups is 2. The summed E-state index contributed by atoms with van der Waals surface area (Å²) in [5, 5.41) is 8.35. The molecule has 1 atom stereocenters. The zero-order valence-electron chi connectivity index (χ0n) is 22.3. The first-order chi connectivity index (χ1) is 18.1. The van der Waals surface area contributed by atoms with E-state index < -0.39 is 24.0 Å². The van der Waals surface area contributed by atoms with Gasteiger partial charge in [0.2, 0.25) is 0 Å². The Morgan fingerprint density at radius 3 is 2.05 bits per heavy atom. The topological polar surface area (TPSA) is 126 Å². The second kappa shape index (κ2) is 12.8. The zero-order chi connectivity index (χ0) is 27.8. The van der Waals surface area contributed by atoms with Gasteiger partial charge in [-0.15, -0.1) is 0 Å². The summed E-state index contributed by atoms with van der Waals surface area (Å²) in [6, 6.07) is 11.7. The minimum Gasteiger partial charge on any atom is -0.462 e. The quantitative estimate of drug-likeness (QED) is 0.388. The Hall–Kier alpha value is -4.34. The fourth-order valence-corrected chi connectivity index (χ4v) is 4.02. The summed E-state index contributed by atoms with van der Waals surface area (Å²) in [6.07, 6.45) is 0.423. The van der Waals surface area contributed by atoms with Crippen LogP contribution < -0.4 is 16.0 Å². The maximum Gasteiger partial charge on any atom is 0.338 e. The van der Waals surface area contributed by atoms with Gasteiger partial charge in [0.05, 0.1) is 29.9 Å². The largest absolute Gasteiger partial charge is 0.462 e. The van der Waals surface area contributed by atoms with E-state index in [2.05, 4.69) is 16.0 Å². The van der Waals surface area contributed by atoms with Crippen LogP contribution >= 0.6 is 0 Å². The van der Waals surface area contributed by atoms with E-state index in [-0.39, 0.29) is 18.7 Å². The molecule has 0 bridgehead atoms. The average Bonchev–Trinajstić information content (AvgIpc) is 2.86. The molecule has 2 aromatic carbocycles. The standard InChI is InChI=1S/C28H34N4O6/c1-6-16-32-18(5)23(26(34)38-17(3)4)24(31-28(32)36)19-8-12-21(13-9-19)29-27(35)30-22-14-10-20(11-15-22)25(33)37-7-2/h8-15,17,24H,6-7,16H2,1-5H3,(H,31,36)(H2,29,30,35). The summed E-state index contributed by atoms with van der Waals surface area (Å²) in [4.78, 5) is 51.6. The maximum atomic E-state index is 13.0. The summed E-state index contributed by atoms with van der Waals surface area (Å²) in [6.45, 7) is 9.74. The number of hydrogen-bond acceptors (Lipinski definition) is 6. The first-order valence-electron chi connectivity index (χ1n) is 12.6. The number of rotatable bonds is 9. The molecule has 1 aliphatic rings. The molecule has 1 unspecified atom stereocenters. The molecule has 10 nitrogen and oxygen atoms in total. The number of nitrogens with zero attached hydrogens (tertiary/aromatic N) is 1. The predicted octanol–water partition coefficient (Wildman–Crippen LogP) is 5.21. The number of carbonyl (C=O) groups is 4. The van der Waals surface area contributed by atoms with Gasteiger partial charge in [-0.05, 0) is 76.1 Å². The number of nitrogens with one attached hydrogen (secondary N) is 3. The van der Waals surface area contributed by atoms with Crippen molar-refractivity contribution in [1.29, 1.82) is 0 Å². The molecule has 4 amide bonds. The SMILES string of the molecule is CCCN1C(=O)NC(c2ccc(NC(=O)Nc3ccc(C(=O)OCC)cc3)cc2)C(C(=O)OC(C)C)=C1C. The number of hydrogen-bond donors (Lipinski definition) is 3. The van der Waals surface area contributed by atoms with Crippen molar-refractivity contribution in [1.82, 2.24) is 10.2 Å². The summed E-state index contributed by atoms with van der Waals surface area (Å²) < 4.78 is 10.4. The molecular weight excluding hydrogens is 488 g/mol. The van der Waals surface area contributed by atoms with Gasteiger partial charge in [0.25, 0.3) is 0 Å². The van der Waals surface area contributed by atoms with Gasteiger partial charge in [0, 0.05) is 23.6 Å². The van der Waals surface area contributed by atoms with Gasteiger partial charge in [-0.3, -0.25) is 4.90 Å². The number of esters is 2. The number of ether oxygens (including phenoxy) is 2. The molecule has 3 rings (SSSR count).